The molecule has 0 bridgehead atoms. The van der Waals surface area contributed by atoms with Gasteiger partial charge in [-0.3, -0.25) is 4.68 Å². The summed E-state index contributed by atoms with van der Waals surface area (Å²) >= 11 is 0. The fraction of sp³-hybridized carbons (Fsp3) is 0.750. The predicted molar refractivity (Wildman–Crippen MR) is 80.3 cm³/mol. The molecule has 116 valence electrons. The highest BCUT2D eigenvalue weighted by atomic mass is 35.5. The fourth-order valence-corrected chi connectivity index (χ4v) is 3.81. The Balaban J connectivity index is 0.00000200. The third kappa shape index (κ3) is 4.18. The SMILES string of the molecule is Cl.Cn1nccc1S(=O)(=O)NCC1(N)CCCCCC1. The molecule has 2 rings (SSSR count). The van der Waals surface area contributed by atoms with Crippen molar-refractivity contribution in [2.45, 2.75) is 49.1 Å². The number of hydrogen-bond donors (Lipinski definition) is 2. The molecule has 1 saturated carbocycles. The van der Waals surface area contributed by atoms with E-state index in [-0.39, 0.29) is 17.4 Å². The second kappa shape index (κ2) is 6.89. The van der Waals surface area contributed by atoms with Gasteiger partial charge in [0.15, 0.2) is 5.03 Å². The van der Waals surface area contributed by atoms with E-state index in [2.05, 4.69) is 9.82 Å². The number of halogens is 1. The summed E-state index contributed by atoms with van der Waals surface area (Å²) in [5.41, 5.74) is 5.89. The molecule has 6 nitrogen and oxygen atoms in total. The molecule has 3 N–H and O–H groups in total. The van der Waals surface area contributed by atoms with Gasteiger partial charge in [-0.15, -0.1) is 12.4 Å². The molecule has 0 aromatic carbocycles. The molecule has 1 fully saturated rings. The molecule has 0 amide bonds. The number of hydrogen-bond acceptors (Lipinski definition) is 4. The van der Waals surface area contributed by atoms with Crippen LogP contribution in [0.4, 0.5) is 0 Å². The minimum atomic E-state index is -3.53. The normalized spacial score (nSPS) is 19.1. The molecule has 8 heteroatoms. The Hall–Kier alpha value is -0.630. The second-order valence-electron chi connectivity index (χ2n) is 5.39. The summed E-state index contributed by atoms with van der Waals surface area (Å²) in [7, 11) is -1.92. The van der Waals surface area contributed by atoms with E-state index in [0.717, 1.165) is 25.7 Å². The van der Waals surface area contributed by atoms with E-state index in [1.54, 1.807) is 7.05 Å². The molecule has 1 aromatic rings. The molecule has 0 unspecified atom stereocenters. The van der Waals surface area contributed by atoms with Crippen LogP contribution >= 0.6 is 12.4 Å². The zero-order valence-electron chi connectivity index (χ0n) is 11.7. The van der Waals surface area contributed by atoms with Crippen LogP contribution < -0.4 is 10.5 Å². The maximum atomic E-state index is 12.2. The lowest BCUT2D eigenvalue weighted by Crippen LogP contribution is -2.49. The highest BCUT2D eigenvalue weighted by molar-refractivity contribution is 7.89. The average Bonchev–Trinajstić information content (AvgIpc) is 2.67. The summed E-state index contributed by atoms with van der Waals surface area (Å²) in [5, 5.41) is 4.05. The van der Waals surface area contributed by atoms with Crippen LogP contribution in [-0.4, -0.2) is 30.3 Å². The number of aryl methyl sites for hydroxylation is 1. The molecule has 0 saturated heterocycles. The lowest BCUT2D eigenvalue weighted by atomic mass is 9.92. The quantitative estimate of drug-likeness (QED) is 0.814. The third-order valence-corrected chi connectivity index (χ3v) is 5.24. The van der Waals surface area contributed by atoms with Gasteiger partial charge >= 0.3 is 0 Å². The maximum Gasteiger partial charge on any atom is 0.257 e. The van der Waals surface area contributed by atoms with Crippen LogP contribution in [0.25, 0.3) is 0 Å². The Kier molecular flexibility index (Phi) is 6.00. The standard InChI is InChI=1S/C12H22N4O2S.ClH/c1-16-11(6-9-14-16)19(17,18)15-10-12(13)7-4-2-3-5-8-12;/h6,9,15H,2-5,7-8,10,13H2,1H3;1H. The molecule has 0 radical (unpaired) electrons. The summed E-state index contributed by atoms with van der Waals surface area (Å²) in [6.07, 6.45) is 7.75. The first kappa shape index (κ1) is 17.4. The Morgan fingerprint density at radius 2 is 1.95 bits per heavy atom. The molecule has 1 aliphatic rings. The number of nitrogens with zero attached hydrogens (tertiary/aromatic N) is 2. The van der Waals surface area contributed by atoms with Gasteiger partial charge in [0.05, 0.1) is 6.20 Å². The first-order chi connectivity index (χ1) is 8.93. The van der Waals surface area contributed by atoms with Gasteiger partial charge in [-0.2, -0.15) is 5.10 Å². The van der Waals surface area contributed by atoms with Gasteiger partial charge in [0.2, 0.25) is 0 Å². The number of aromatic nitrogens is 2. The number of nitrogens with one attached hydrogen (secondary N) is 1. The topological polar surface area (TPSA) is 90.0 Å². The molecular weight excluding hydrogens is 300 g/mol. The van der Waals surface area contributed by atoms with E-state index in [4.69, 9.17) is 5.73 Å². The second-order valence-corrected chi connectivity index (χ2v) is 7.11. The highest BCUT2D eigenvalue weighted by Gasteiger charge is 2.29. The van der Waals surface area contributed by atoms with Crippen molar-refractivity contribution >= 4 is 22.4 Å². The molecule has 1 heterocycles. The largest absolute Gasteiger partial charge is 0.324 e. The van der Waals surface area contributed by atoms with Crippen LogP contribution in [0.2, 0.25) is 0 Å². The Morgan fingerprint density at radius 1 is 1.35 bits per heavy atom. The van der Waals surface area contributed by atoms with Crippen LogP contribution in [0.3, 0.4) is 0 Å². The van der Waals surface area contributed by atoms with E-state index in [0.29, 0.717) is 6.54 Å². The van der Waals surface area contributed by atoms with Gasteiger partial charge in [0.25, 0.3) is 10.0 Å². The number of rotatable bonds is 4. The van der Waals surface area contributed by atoms with Crippen LogP contribution in [0.5, 0.6) is 0 Å². The monoisotopic (exact) mass is 322 g/mol. The zero-order valence-corrected chi connectivity index (χ0v) is 13.3. The fourth-order valence-electron chi connectivity index (χ4n) is 2.55. The van der Waals surface area contributed by atoms with Gasteiger partial charge in [-0.1, -0.05) is 25.7 Å². The highest BCUT2D eigenvalue weighted by Crippen LogP contribution is 2.24. The lowest BCUT2D eigenvalue weighted by molar-refractivity contribution is 0.368. The maximum absolute atomic E-state index is 12.2. The Bertz CT molecular complexity index is 521. The smallest absolute Gasteiger partial charge is 0.257 e. The molecule has 20 heavy (non-hydrogen) atoms. The Morgan fingerprint density at radius 3 is 2.45 bits per heavy atom. The van der Waals surface area contributed by atoms with Crippen molar-refractivity contribution in [1.29, 1.82) is 0 Å². The summed E-state index contributed by atoms with van der Waals surface area (Å²) < 4.78 is 28.3. The summed E-state index contributed by atoms with van der Waals surface area (Å²) in [5.74, 6) is 0. The molecule has 0 aliphatic heterocycles. The summed E-state index contributed by atoms with van der Waals surface area (Å²) in [6, 6.07) is 1.48. The van der Waals surface area contributed by atoms with Crippen molar-refractivity contribution in [1.82, 2.24) is 14.5 Å². The van der Waals surface area contributed by atoms with Crippen LogP contribution in [0.1, 0.15) is 38.5 Å². The predicted octanol–water partition coefficient (Wildman–Crippen LogP) is 1.17. The average molecular weight is 323 g/mol. The third-order valence-electron chi connectivity index (χ3n) is 3.76. The van der Waals surface area contributed by atoms with E-state index < -0.39 is 15.6 Å². The van der Waals surface area contributed by atoms with Crippen molar-refractivity contribution in [3.05, 3.63) is 12.3 Å². The van der Waals surface area contributed by atoms with Crippen molar-refractivity contribution < 1.29 is 8.42 Å². The van der Waals surface area contributed by atoms with Gasteiger partial charge in [-0.05, 0) is 18.9 Å². The van der Waals surface area contributed by atoms with Crippen LogP contribution in [-0.2, 0) is 17.1 Å². The molecule has 0 atom stereocenters. The summed E-state index contributed by atoms with van der Waals surface area (Å²) in [6.45, 7) is 0.292. The van der Waals surface area contributed by atoms with Gasteiger partial charge in [0.1, 0.15) is 0 Å². The van der Waals surface area contributed by atoms with Crippen molar-refractivity contribution in [2.24, 2.45) is 12.8 Å². The number of nitrogens with two attached hydrogens (primary N) is 1. The van der Waals surface area contributed by atoms with E-state index in [1.165, 1.54) is 29.8 Å². The van der Waals surface area contributed by atoms with Crippen molar-refractivity contribution in [3.63, 3.8) is 0 Å². The molecule has 1 aromatic heterocycles. The van der Waals surface area contributed by atoms with Gasteiger partial charge in [0, 0.05) is 19.1 Å². The number of sulfonamides is 1. The van der Waals surface area contributed by atoms with E-state index >= 15 is 0 Å². The molecular formula is C12H23ClN4O2S. The minimum absolute atomic E-state index is 0. The van der Waals surface area contributed by atoms with E-state index in [9.17, 15) is 8.42 Å². The van der Waals surface area contributed by atoms with Crippen LogP contribution in [0.15, 0.2) is 17.3 Å². The molecule has 1 aliphatic carbocycles. The van der Waals surface area contributed by atoms with Crippen LogP contribution in [0, 0.1) is 0 Å². The first-order valence-corrected chi connectivity index (χ1v) is 8.18. The summed E-state index contributed by atoms with van der Waals surface area (Å²) in [4.78, 5) is 0. The zero-order chi connectivity index (χ0) is 13.9. The minimum Gasteiger partial charge on any atom is -0.324 e. The first-order valence-electron chi connectivity index (χ1n) is 6.70. The lowest BCUT2D eigenvalue weighted by Gasteiger charge is -2.28. The van der Waals surface area contributed by atoms with Crippen molar-refractivity contribution in [3.8, 4) is 0 Å². The van der Waals surface area contributed by atoms with E-state index in [1.807, 2.05) is 0 Å². The van der Waals surface area contributed by atoms with Crippen molar-refractivity contribution in [2.75, 3.05) is 6.54 Å². The molecule has 0 spiro atoms. The Labute approximate surface area is 126 Å². The van der Waals surface area contributed by atoms with Gasteiger partial charge in [-0.25, -0.2) is 13.1 Å². The van der Waals surface area contributed by atoms with Gasteiger partial charge < -0.3 is 5.73 Å².